The Morgan fingerprint density at radius 3 is 2.20 bits per heavy atom. The molecule has 0 bridgehead atoms. The number of aliphatic carboxylic acids is 1. The zero-order valence-corrected chi connectivity index (χ0v) is 12.6. The van der Waals surface area contributed by atoms with E-state index in [0.717, 1.165) is 6.42 Å². The van der Waals surface area contributed by atoms with Gasteiger partial charge in [-0.05, 0) is 12.8 Å². The number of amides is 2. The largest absolute Gasteiger partial charge is 0.481 e. The molecule has 0 saturated carbocycles. The summed E-state index contributed by atoms with van der Waals surface area (Å²) < 4.78 is 9.98. The van der Waals surface area contributed by atoms with Crippen molar-refractivity contribution >= 4 is 12.0 Å². The molecule has 0 heterocycles. The van der Waals surface area contributed by atoms with Gasteiger partial charge in [-0.1, -0.05) is 0 Å². The predicted octanol–water partition coefficient (Wildman–Crippen LogP) is 0.888. The fraction of sp³-hybridized carbons (Fsp3) is 0.846. The van der Waals surface area contributed by atoms with Crippen LogP contribution in [-0.2, 0) is 14.3 Å². The van der Waals surface area contributed by atoms with E-state index < -0.39 is 5.97 Å². The van der Waals surface area contributed by atoms with Gasteiger partial charge >= 0.3 is 12.0 Å². The molecule has 0 fully saturated rings. The van der Waals surface area contributed by atoms with Crippen molar-refractivity contribution in [1.29, 1.82) is 0 Å². The quantitative estimate of drug-likeness (QED) is 0.572. The van der Waals surface area contributed by atoms with Crippen molar-refractivity contribution in [2.45, 2.75) is 19.3 Å². The lowest BCUT2D eigenvalue weighted by Crippen LogP contribution is -2.43. The number of carbonyl (C=O) groups excluding carboxylic acids is 1. The SMILES string of the molecule is COCCCN(CCOC)C(=O)N(C)CCCC(=O)O. The maximum atomic E-state index is 12.2. The van der Waals surface area contributed by atoms with Crippen molar-refractivity contribution in [3.8, 4) is 0 Å². The Balaban J connectivity index is 4.23. The summed E-state index contributed by atoms with van der Waals surface area (Å²) >= 11 is 0. The number of ether oxygens (including phenoxy) is 2. The van der Waals surface area contributed by atoms with Gasteiger partial charge in [-0.2, -0.15) is 0 Å². The minimum atomic E-state index is -0.845. The van der Waals surface area contributed by atoms with Crippen LogP contribution in [0.25, 0.3) is 0 Å². The third kappa shape index (κ3) is 8.71. The number of hydrogen-bond donors (Lipinski definition) is 1. The van der Waals surface area contributed by atoms with Gasteiger partial charge in [0.1, 0.15) is 0 Å². The molecule has 0 rings (SSSR count). The lowest BCUT2D eigenvalue weighted by atomic mass is 10.3. The van der Waals surface area contributed by atoms with E-state index in [1.807, 2.05) is 0 Å². The van der Waals surface area contributed by atoms with Gasteiger partial charge < -0.3 is 24.4 Å². The molecule has 2 amide bonds. The Morgan fingerprint density at radius 2 is 1.65 bits per heavy atom. The van der Waals surface area contributed by atoms with Gasteiger partial charge in [0, 0.05) is 53.9 Å². The second-order valence-electron chi connectivity index (χ2n) is 4.53. The molecule has 0 atom stereocenters. The van der Waals surface area contributed by atoms with E-state index in [4.69, 9.17) is 14.6 Å². The van der Waals surface area contributed by atoms with Crippen LogP contribution < -0.4 is 0 Å². The Morgan fingerprint density at radius 1 is 1.00 bits per heavy atom. The van der Waals surface area contributed by atoms with E-state index >= 15 is 0 Å². The topological polar surface area (TPSA) is 79.3 Å². The fourth-order valence-electron chi connectivity index (χ4n) is 1.71. The number of carboxylic acids is 1. The highest BCUT2D eigenvalue weighted by molar-refractivity contribution is 5.74. The first kappa shape index (κ1) is 18.7. The lowest BCUT2D eigenvalue weighted by Gasteiger charge is -2.28. The van der Waals surface area contributed by atoms with Crippen molar-refractivity contribution in [1.82, 2.24) is 9.80 Å². The van der Waals surface area contributed by atoms with Gasteiger partial charge in [0.2, 0.25) is 0 Å². The summed E-state index contributed by atoms with van der Waals surface area (Å²) in [6.07, 6.45) is 1.28. The highest BCUT2D eigenvalue weighted by Crippen LogP contribution is 2.02. The molecule has 20 heavy (non-hydrogen) atoms. The lowest BCUT2D eigenvalue weighted by molar-refractivity contribution is -0.137. The van der Waals surface area contributed by atoms with Crippen LogP contribution in [0.1, 0.15) is 19.3 Å². The van der Waals surface area contributed by atoms with Gasteiger partial charge in [0.25, 0.3) is 0 Å². The zero-order chi connectivity index (χ0) is 15.4. The van der Waals surface area contributed by atoms with Gasteiger partial charge in [0.15, 0.2) is 0 Å². The number of urea groups is 1. The number of carboxylic acid groups (broad SMARTS) is 1. The minimum absolute atomic E-state index is 0.0688. The zero-order valence-electron chi connectivity index (χ0n) is 12.6. The van der Waals surface area contributed by atoms with Gasteiger partial charge in [-0.25, -0.2) is 4.79 Å². The number of carbonyl (C=O) groups is 2. The van der Waals surface area contributed by atoms with Crippen LogP contribution in [0.15, 0.2) is 0 Å². The Hall–Kier alpha value is -1.34. The van der Waals surface area contributed by atoms with Crippen LogP contribution in [0.4, 0.5) is 4.79 Å². The van der Waals surface area contributed by atoms with E-state index in [-0.39, 0.29) is 12.5 Å². The molecule has 0 aliphatic carbocycles. The molecule has 118 valence electrons. The third-order valence-electron chi connectivity index (χ3n) is 2.82. The minimum Gasteiger partial charge on any atom is -0.481 e. The molecule has 0 radical (unpaired) electrons. The summed E-state index contributed by atoms with van der Waals surface area (Å²) in [5, 5.41) is 8.59. The highest BCUT2D eigenvalue weighted by atomic mass is 16.5. The molecular formula is C13H26N2O5. The molecule has 7 nitrogen and oxygen atoms in total. The molecule has 1 N–H and O–H groups in total. The third-order valence-corrected chi connectivity index (χ3v) is 2.82. The van der Waals surface area contributed by atoms with Gasteiger partial charge in [0.05, 0.1) is 6.61 Å². The second-order valence-corrected chi connectivity index (χ2v) is 4.53. The second kappa shape index (κ2) is 11.5. The maximum absolute atomic E-state index is 12.2. The molecular weight excluding hydrogens is 264 g/mol. The molecule has 0 aliphatic heterocycles. The average molecular weight is 290 g/mol. The molecule has 0 spiro atoms. The summed E-state index contributed by atoms with van der Waals surface area (Å²) in [7, 11) is 4.90. The Labute approximate surface area is 120 Å². The van der Waals surface area contributed by atoms with E-state index in [0.29, 0.717) is 39.3 Å². The highest BCUT2D eigenvalue weighted by Gasteiger charge is 2.17. The molecule has 0 aliphatic rings. The summed E-state index contributed by atoms with van der Waals surface area (Å²) in [5.41, 5.74) is 0. The molecule has 0 saturated heterocycles. The van der Waals surface area contributed by atoms with Crippen molar-refractivity contribution in [3.63, 3.8) is 0 Å². The maximum Gasteiger partial charge on any atom is 0.319 e. The molecule has 0 aromatic carbocycles. The number of rotatable bonds is 11. The molecule has 0 unspecified atom stereocenters. The van der Waals surface area contributed by atoms with E-state index in [2.05, 4.69) is 0 Å². The first-order valence-electron chi connectivity index (χ1n) is 6.72. The standard InChI is InChI=1S/C13H26N2O5/c1-14(7-4-6-12(16)17)13(18)15(9-11-20-3)8-5-10-19-2/h4-11H2,1-3H3,(H,16,17). The predicted molar refractivity (Wildman–Crippen MR) is 74.8 cm³/mol. The van der Waals surface area contributed by atoms with Crippen LogP contribution in [0.5, 0.6) is 0 Å². The molecule has 0 aromatic rings. The van der Waals surface area contributed by atoms with E-state index in [9.17, 15) is 9.59 Å². The molecule has 7 heteroatoms. The van der Waals surface area contributed by atoms with Crippen LogP contribution in [0.2, 0.25) is 0 Å². The number of hydrogen-bond acceptors (Lipinski definition) is 4. The summed E-state index contributed by atoms with van der Waals surface area (Å²) in [6.45, 7) is 2.61. The summed E-state index contributed by atoms with van der Waals surface area (Å²) in [5.74, 6) is -0.845. The van der Waals surface area contributed by atoms with Crippen LogP contribution in [-0.4, -0.2) is 81.0 Å². The normalized spacial score (nSPS) is 10.3. The van der Waals surface area contributed by atoms with Gasteiger partial charge in [-0.15, -0.1) is 0 Å². The van der Waals surface area contributed by atoms with Crippen molar-refractivity contribution < 1.29 is 24.2 Å². The first-order chi connectivity index (χ1) is 9.52. The average Bonchev–Trinajstić information content (AvgIpc) is 2.41. The Bertz CT molecular complexity index is 286. The summed E-state index contributed by atoms with van der Waals surface area (Å²) in [4.78, 5) is 25.9. The van der Waals surface area contributed by atoms with E-state index in [1.165, 1.54) is 0 Å². The van der Waals surface area contributed by atoms with Crippen LogP contribution in [0, 0.1) is 0 Å². The van der Waals surface area contributed by atoms with Crippen LogP contribution in [0.3, 0.4) is 0 Å². The Kier molecular flexibility index (Phi) is 10.7. The van der Waals surface area contributed by atoms with Crippen molar-refractivity contribution in [2.24, 2.45) is 0 Å². The van der Waals surface area contributed by atoms with E-state index in [1.54, 1.807) is 31.1 Å². The van der Waals surface area contributed by atoms with Gasteiger partial charge in [-0.3, -0.25) is 4.79 Å². The first-order valence-corrected chi connectivity index (χ1v) is 6.72. The monoisotopic (exact) mass is 290 g/mol. The molecule has 0 aromatic heterocycles. The van der Waals surface area contributed by atoms with Crippen molar-refractivity contribution in [3.05, 3.63) is 0 Å². The number of nitrogens with zero attached hydrogens (tertiary/aromatic N) is 2. The summed E-state index contributed by atoms with van der Waals surface area (Å²) in [6, 6.07) is -0.108. The number of methoxy groups -OCH3 is 2. The smallest absolute Gasteiger partial charge is 0.319 e. The van der Waals surface area contributed by atoms with Crippen molar-refractivity contribution in [2.75, 3.05) is 54.1 Å². The van der Waals surface area contributed by atoms with Crippen LogP contribution >= 0.6 is 0 Å². The fourth-order valence-corrected chi connectivity index (χ4v) is 1.71.